The summed E-state index contributed by atoms with van der Waals surface area (Å²) in [4.78, 5) is 28.9. The van der Waals surface area contributed by atoms with Crippen LogP contribution in [0.15, 0.2) is 72.8 Å². The molecule has 4 aromatic rings. The maximum absolute atomic E-state index is 14.0. The molecule has 0 saturated heterocycles. The molecule has 0 aliphatic carbocycles. The zero-order chi connectivity index (χ0) is 26.3. The van der Waals surface area contributed by atoms with Crippen LogP contribution in [0.5, 0.6) is 0 Å². The molecule has 2 heterocycles. The molecule has 0 bridgehead atoms. The van der Waals surface area contributed by atoms with Gasteiger partial charge >= 0.3 is 0 Å². The van der Waals surface area contributed by atoms with Crippen molar-refractivity contribution >= 4 is 40.8 Å². The highest BCUT2D eigenvalue weighted by atomic mass is 35.5. The summed E-state index contributed by atoms with van der Waals surface area (Å²) >= 11 is 12.1. The first-order valence-electron chi connectivity index (χ1n) is 11.8. The Morgan fingerprint density at radius 3 is 2.38 bits per heavy atom. The molecule has 5 rings (SSSR count). The van der Waals surface area contributed by atoms with Crippen molar-refractivity contribution in [1.29, 1.82) is 0 Å². The van der Waals surface area contributed by atoms with E-state index in [1.54, 1.807) is 27.8 Å². The number of rotatable bonds is 5. The molecule has 9 heteroatoms. The predicted molar refractivity (Wildman–Crippen MR) is 142 cm³/mol. The number of benzene rings is 3. The average molecular weight is 537 g/mol. The van der Waals surface area contributed by atoms with Gasteiger partial charge in [-0.1, -0.05) is 53.5 Å². The highest BCUT2D eigenvalue weighted by molar-refractivity contribution is 6.42. The quantitative estimate of drug-likeness (QED) is 0.344. The first-order chi connectivity index (χ1) is 17.8. The van der Waals surface area contributed by atoms with Crippen LogP contribution < -0.4 is 10.2 Å². The second kappa shape index (κ2) is 10.00. The van der Waals surface area contributed by atoms with E-state index in [0.717, 1.165) is 11.3 Å². The standard InChI is InChI=1S/C28H23Cl2FN4O2/c1-3-34-27-23(16(2)33-35(27)20-7-5-4-6-8-20)24(17-9-12-19(31)13-10-17)25(28(34)37)32-26(36)18-11-14-21(29)22(30)15-18/h4-15,24-25H,3H2,1-2H3,(H,32,36). The molecule has 188 valence electrons. The van der Waals surface area contributed by atoms with Crippen molar-refractivity contribution in [2.24, 2.45) is 0 Å². The minimum Gasteiger partial charge on any atom is -0.339 e. The van der Waals surface area contributed by atoms with E-state index in [0.29, 0.717) is 28.6 Å². The fraction of sp³-hybridized carbons (Fsp3) is 0.179. The molecule has 1 aliphatic rings. The third kappa shape index (κ3) is 4.49. The zero-order valence-electron chi connectivity index (χ0n) is 20.1. The Kier molecular flexibility index (Phi) is 6.75. The number of para-hydroxylation sites is 1. The third-order valence-electron chi connectivity index (χ3n) is 6.53. The van der Waals surface area contributed by atoms with E-state index < -0.39 is 23.7 Å². The summed E-state index contributed by atoms with van der Waals surface area (Å²) in [5.74, 6) is -1.14. The first-order valence-corrected chi connectivity index (χ1v) is 12.5. The maximum atomic E-state index is 14.0. The number of likely N-dealkylation sites (N-methyl/N-ethyl adjacent to an activating group) is 1. The van der Waals surface area contributed by atoms with E-state index in [1.165, 1.54) is 24.3 Å². The van der Waals surface area contributed by atoms with Crippen molar-refractivity contribution < 1.29 is 14.0 Å². The van der Waals surface area contributed by atoms with Gasteiger partial charge < -0.3 is 5.32 Å². The number of carbonyl (C=O) groups is 2. The van der Waals surface area contributed by atoms with E-state index in [4.69, 9.17) is 28.3 Å². The van der Waals surface area contributed by atoms with Crippen molar-refractivity contribution in [1.82, 2.24) is 15.1 Å². The molecular formula is C28H23Cl2FN4O2. The SMILES string of the molecule is CCN1C(=O)C(NC(=O)c2ccc(Cl)c(Cl)c2)C(c2ccc(F)cc2)c2c(C)nn(-c3ccccc3)c21. The topological polar surface area (TPSA) is 67.2 Å². The highest BCUT2D eigenvalue weighted by Gasteiger charge is 2.45. The number of hydrogen-bond acceptors (Lipinski definition) is 3. The fourth-order valence-corrected chi connectivity index (χ4v) is 5.12. The lowest BCUT2D eigenvalue weighted by molar-refractivity contribution is -0.121. The van der Waals surface area contributed by atoms with Gasteiger partial charge in [0.1, 0.15) is 17.7 Å². The number of nitrogens with zero attached hydrogens (tertiary/aromatic N) is 3. The van der Waals surface area contributed by atoms with Crippen LogP contribution in [0.2, 0.25) is 10.0 Å². The summed E-state index contributed by atoms with van der Waals surface area (Å²) in [6.07, 6.45) is 0. The van der Waals surface area contributed by atoms with Crippen LogP contribution in [-0.2, 0) is 4.79 Å². The monoisotopic (exact) mass is 536 g/mol. The van der Waals surface area contributed by atoms with Crippen LogP contribution in [0.4, 0.5) is 10.2 Å². The molecule has 37 heavy (non-hydrogen) atoms. The van der Waals surface area contributed by atoms with Gasteiger partial charge in [0, 0.05) is 23.6 Å². The largest absolute Gasteiger partial charge is 0.339 e. The highest BCUT2D eigenvalue weighted by Crippen LogP contribution is 2.43. The van der Waals surface area contributed by atoms with Crippen molar-refractivity contribution in [3.63, 3.8) is 0 Å². The molecule has 0 radical (unpaired) electrons. The molecule has 2 unspecified atom stereocenters. The van der Waals surface area contributed by atoms with E-state index in [-0.39, 0.29) is 16.5 Å². The minimum absolute atomic E-state index is 0.233. The number of carbonyl (C=O) groups excluding carboxylic acids is 2. The summed E-state index contributed by atoms with van der Waals surface area (Å²) in [5, 5.41) is 8.25. The Morgan fingerprint density at radius 2 is 1.73 bits per heavy atom. The van der Waals surface area contributed by atoms with Gasteiger partial charge in [0.05, 0.1) is 21.4 Å². The number of halogens is 3. The van der Waals surface area contributed by atoms with Gasteiger partial charge in [0.25, 0.3) is 11.8 Å². The zero-order valence-corrected chi connectivity index (χ0v) is 21.6. The fourth-order valence-electron chi connectivity index (χ4n) is 4.82. The maximum Gasteiger partial charge on any atom is 0.252 e. The van der Waals surface area contributed by atoms with Crippen molar-refractivity contribution in [3.8, 4) is 5.69 Å². The number of amides is 2. The van der Waals surface area contributed by atoms with Gasteiger partial charge in [-0.25, -0.2) is 9.07 Å². The van der Waals surface area contributed by atoms with Gasteiger partial charge in [-0.2, -0.15) is 5.10 Å². The Hall–Kier alpha value is -3.68. The van der Waals surface area contributed by atoms with Crippen LogP contribution in [0.1, 0.15) is 40.0 Å². The molecule has 1 N–H and O–H groups in total. The van der Waals surface area contributed by atoms with E-state index in [9.17, 15) is 14.0 Å². The summed E-state index contributed by atoms with van der Waals surface area (Å²) in [6, 6.07) is 19.1. The molecule has 1 aromatic heterocycles. The van der Waals surface area contributed by atoms with Crippen LogP contribution in [0.3, 0.4) is 0 Å². The van der Waals surface area contributed by atoms with Gasteiger partial charge in [0.2, 0.25) is 0 Å². The van der Waals surface area contributed by atoms with Crippen LogP contribution in [-0.4, -0.2) is 34.2 Å². The lowest BCUT2D eigenvalue weighted by Crippen LogP contribution is -2.55. The number of anilines is 1. The second-order valence-electron chi connectivity index (χ2n) is 8.76. The van der Waals surface area contributed by atoms with E-state index >= 15 is 0 Å². The molecule has 1 aliphatic heterocycles. The Bertz CT molecular complexity index is 1490. The molecule has 0 spiro atoms. The molecule has 2 amide bonds. The molecule has 6 nitrogen and oxygen atoms in total. The Morgan fingerprint density at radius 1 is 1.03 bits per heavy atom. The summed E-state index contributed by atoms with van der Waals surface area (Å²) in [6.45, 7) is 4.10. The van der Waals surface area contributed by atoms with Crippen LogP contribution >= 0.6 is 23.2 Å². The van der Waals surface area contributed by atoms with E-state index in [1.807, 2.05) is 44.2 Å². The summed E-state index contributed by atoms with van der Waals surface area (Å²) < 4.78 is 15.6. The van der Waals surface area contributed by atoms with Crippen molar-refractivity contribution in [2.75, 3.05) is 11.4 Å². The minimum atomic E-state index is -0.966. The van der Waals surface area contributed by atoms with Crippen LogP contribution in [0, 0.1) is 12.7 Å². The second-order valence-corrected chi connectivity index (χ2v) is 9.58. The summed E-state index contributed by atoms with van der Waals surface area (Å²) in [5.41, 5.74) is 3.24. The smallest absolute Gasteiger partial charge is 0.252 e. The predicted octanol–water partition coefficient (Wildman–Crippen LogP) is 5.92. The summed E-state index contributed by atoms with van der Waals surface area (Å²) in [7, 11) is 0. The Balaban J connectivity index is 1.67. The normalized spacial score (nSPS) is 17.0. The average Bonchev–Trinajstić information content (AvgIpc) is 3.24. The lowest BCUT2D eigenvalue weighted by atomic mass is 9.81. The van der Waals surface area contributed by atoms with Gasteiger partial charge in [-0.05, 0) is 61.9 Å². The van der Waals surface area contributed by atoms with Crippen molar-refractivity contribution in [2.45, 2.75) is 25.8 Å². The molecular weight excluding hydrogens is 514 g/mol. The van der Waals surface area contributed by atoms with Gasteiger partial charge in [-0.15, -0.1) is 0 Å². The lowest BCUT2D eigenvalue weighted by Gasteiger charge is -2.38. The molecule has 0 saturated carbocycles. The Labute approximate surface area is 223 Å². The van der Waals surface area contributed by atoms with E-state index in [2.05, 4.69) is 5.32 Å². The molecule has 3 aromatic carbocycles. The number of fused-ring (bicyclic) bond motifs is 1. The van der Waals surface area contributed by atoms with Gasteiger partial charge in [-0.3, -0.25) is 14.5 Å². The first kappa shape index (κ1) is 25.0. The number of nitrogens with one attached hydrogen (secondary N) is 1. The van der Waals surface area contributed by atoms with Gasteiger partial charge in [0.15, 0.2) is 0 Å². The number of aryl methyl sites for hydroxylation is 1. The third-order valence-corrected chi connectivity index (χ3v) is 7.27. The number of aromatic nitrogens is 2. The molecule has 0 fully saturated rings. The van der Waals surface area contributed by atoms with Crippen molar-refractivity contribution in [3.05, 3.63) is 111 Å². The number of hydrogen-bond donors (Lipinski definition) is 1. The van der Waals surface area contributed by atoms with Crippen LogP contribution in [0.25, 0.3) is 5.69 Å². The molecule has 2 atom stereocenters.